The van der Waals surface area contributed by atoms with E-state index in [1.165, 1.54) is 17.1 Å². The molecule has 1 aliphatic rings. The van der Waals surface area contributed by atoms with Crippen molar-refractivity contribution < 1.29 is 32.6 Å². The molecule has 1 heterocycles. The Morgan fingerprint density at radius 2 is 1.85 bits per heavy atom. The van der Waals surface area contributed by atoms with Crippen LogP contribution in [0.15, 0.2) is 52.6 Å². The molecule has 3 rings (SSSR count). The molecule has 15 heteroatoms. The molecule has 0 radical (unpaired) electrons. The van der Waals surface area contributed by atoms with Crippen LogP contribution >= 0.6 is 11.6 Å². The highest BCUT2D eigenvalue weighted by atomic mass is 35.5. The van der Waals surface area contributed by atoms with Gasteiger partial charge in [0, 0.05) is 5.56 Å². The van der Waals surface area contributed by atoms with Crippen molar-refractivity contribution in [3.8, 4) is 0 Å². The molecular weight excluding hydrogens is 576 g/mol. The van der Waals surface area contributed by atoms with E-state index >= 15 is 0 Å². The fraction of sp³-hybridized carbons (Fsp3) is 0.462. The molecule has 1 aliphatic heterocycles. The van der Waals surface area contributed by atoms with E-state index < -0.39 is 39.3 Å². The van der Waals surface area contributed by atoms with Gasteiger partial charge in [-0.3, -0.25) is 15.2 Å². The van der Waals surface area contributed by atoms with Crippen LogP contribution in [0.5, 0.6) is 0 Å². The number of nitrogens with zero attached hydrogens (tertiary/aromatic N) is 5. The van der Waals surface area contributed by atoms with Gasteiger partial charge in [-0.2, -0.15) is 4.31 Å². The minimum Gasteiger partial charge on any atom is -0.569 e. The van der Waals surface area contributed by atoms with Gasteiger partial charge in [0.2, 0.25) is 12.0 Å². The molecule has 13 nitrogen and oxygen atoms in total. The van der Waals surface area contributed by atoms with Gasteiger partial charge in [0.25, 0.3) is 15.9 Å². The second-order valence-electron chi connectivity index (χ2n) is 10.2. The van der Waals surface area contributed by atoms with Crippen LogP contribution in [-0.4, -0.2) is 66.2 Å². The lowest BCUT2D eigenvalue weighted by Crippen LogP contribution is -2.45. The van der Waals surface area contributed by atoms with Gasteiger partial charge in [0.05, 0.1) is 34.8 Å². The van der Waals surface area contributed by atoms with Gasteiger partial charge < -0.3 is 14.8 Å². The maximum Gasteiger partial charge on any atom is 0.427 e. The summed E-state index contributed by atoms with van der Waals surface area (Å²) in [5.41, 5.74) is 3.63. The number of rotatable bonds is 10. The number of para-hydroxylation sites is 1. The summed E-state index contributed by atoms with van der Waals surface area (Å²) in [4.78, 5) is 30.8. The molecule has 0 saturated heterocycles. The average molecular weight is 611 g/mol. The van der Waals surface area contributed by atoms with Crippen molar-refractivity contribution >= 4 is 39.3 Å². The lowest BCUT2D eigenvalue weighted by molar-refractivity contribution is -0.710. The Hall–Kier alpha value is -3.78. The van der Waals surface area contributed by atoms with E-state index in [0.717, 1.165) is 23.7 Å². The highest BCUT2D eigenvalue weighted by Crippen LogP contribution is 2.31. The fourth-order valence-corrected chi connectivity index (χ4v) is 5.71. The smallest absolute Gasteiger partial charge is 0.427 e. The van der Waals surface area contributed by atoms with Crippen molar-refractivity contribution in [2.24, 2.45) is 5.28 Å². The van der Waals surface area contributed by atoms with Crippen LogP contribution in [0.3, 0.4) is 0 Å². The van der Waals surface area contributed by atoms with Gasteiger partial charge >= 0.3 is 6.09 Å². The molecule has 2 aromatic rings. The Bertz CT molecular complexity index is 1410. The molecule has 0 fully saturated rings. The maximum atomic E-state index is 13.7. The zero-order chi connectivity index (χ0) is 30.5. The summed E-state index contributed by atoms with van der Waals surface area (Å²) < 4.78 is 32.9. The summed E-state index contributed by atoms with van der Waals surface area (Å²) in [6, 6.07) is 11.3. The third-order valence-electron chi connectivity index (χ3n) is 6.06. The minimum absolute atomic E-state index is 0.0217. The van der Waals surface area contributed by atoms with Gasteiger partial charge in [-0.05, 0) is 77.8 Å². The predicted molar refractivity (Wildman–Crippen MR) is 151 cm³/mol. The zero-order valence-electron chi connectivity index (χ0n) is 23.8. The van der Waals surface area contributed by atoms with E-state index in [1.54, 1.807) is 39.6 Å². The Morgan fingerprint density at radius 3 is 2.49 bits per heavy atom. The van der Waals surface area contributed by atoms with Crippen molar-refractivity contribution in [2.75, 3.05) is 24.8 Å². The lowest BCUT2D eigenvalue weighted by atomic mass is 10.1. The number of benzene rings is 2. The number of hydrogen-bond donors (Lipinski definition) is 1. The fourth-order valence-electron chi connectivity index (χ4n) is 4.05. The molecule has 1 unspecified atom stereocenters. The zero-order valence-corrected chi connectivity index (χ0v) is 25.4. The minimum atomic E-state index is -4.76. The van der Waals surface area contributed by atoms with Crippen LogP contribution in [0.4, 0.5) is 10.5 Å². The van der Waals surface area contributed by atoms with E-state index in [-0.39, 0.29) is 25.9 Å². The Kier molecular flexibility index (Phi) is 9.92. The second-order valence-corrected chi connectivity index (χ2v) is 12.4. The summed E-state index contributed by atoms with van der Waals surface area (Å²) in [6.45, 7) is 9.67. The number of halogens is 1. The standard InChI is InChI=1S/C26H35ClN6O7S/c1-7-30(8-2)33(36)29-39-17-31(25(35)40-26(4,5)6)41(37,38)23-16-20(13-14-21(23)27)24(34)28-32-18(3)15-19-11-9-10-12-22(19)32/h9-14,16,18H,7-8,15,17H2,1-6H3,(H,28,34)/b33-29-. The normalized spacial score (nSPS) is 15.2. The first-order valence-corrected chi connectivity index (χ1v) is 14.8. The summed E-state index contributed by atoms with van der Waals surface area (Å²) in [5, 5.41) is 18.2. The Labute approximate surface area is 244 Å². The first kappa shape index (κ1) is 31.7. The van der Waals surface area contributed by atoms with Crippen molar-refractivity contribution in [3.63, 3.8) is 0 Å². The Balaban J connectivity index is 1.92. The molecular formula is C26H35ClN6O7S. The lowest BCUT2D eigenvalue weighted by Gasteiger charge is -2.27. The maximum absolute atomic E-state index is 13.7. The second kappa shape index (κ2) is 12.8. The number of ether oxygens (including phenoxy) is 1. The summed E-state index contributed by atoms with van der Waals surface area (Å²) in [5.74, 6) is -0.585. The molecule has 0 aromatic heterocycles. The van der Waals surface area contributed by atoms with E-state index in [9.17, 15) is 23.2 Å². The number of amides is 2. The highest BCUT2D eigenvalue weighted by molar-refractivity contribution is 7.89. The van der Waals surface area contributed by atoms with E-state index in [0.29, 0.717) is 13.1 Å². The molecule has 1 atom stereocenters. The molecule has 0 bridgehead atoms. The predicted octanol–water partition coefficient (Wildman–Crippen LogP) is 4.47. The largest absolute Gasteiger partial charge is 0.569 e. The molecule has 2 amide bonds. The molecule has 0 aliphatic carbocycles. The monoisotopic (exact) mass is 610 g/mol. The Morgan fingerprint density at radius 1 is 1.20 bits per heavy atom. The first-order chi connectivity index (χ1) is 19.2. The number of hydrogen-bond acceptors (Lipinski definition) is 9. The van der Waals surface area contributed by atoms with Gasteiger partial charge in [-0.15, -0.1) is 5.01 Å². The number of fused-ring (bicyclic) bond motifs is 1. The summed E-state index contributed by atoms with van der Waals surface area (Å²) in [6.07, 6.45) is -0.566. The number of carbonyl (C=O) groups excluding carboxylic acids is 2. The third kappa shape index (κ3) is 7.50. The molecule has 0 spiro atoms. The third-order valence-corrected chi connectivity index (χ3v) is 8.23. The van der Waals surface area contributed by atoms with Crippen molar-refractivity contribution in [3.05, 3.63) is 63.8 Å². The van der Waals surface area contributed by atoms with E-state index in [2.05, 4.69) is 10.7 Å². The van der Waals surface area contributed by atoms with Crippen molar-refractivity contribution in [1.82, 2.24) is 14.7 Å². The molecule has 2 aromatic carbocycles. The first-order valence-electron chi connectivity index (χ1n) is 13.0. The highest BCUT2D eigenvalue weighted by Gasteiger charge is 2.36. The number of sulfonamides is 1. The van der Waals surface area contributed by atoms with Crippen LogP contribution < -0.4 is 10.4 Å². The average Bonchev–Trinajstić information content (AvgIpc) is 3.20. The molecule has 224 valence electrons. The number of anilines is 1. The van der Waals surface area contributed by atoms with Crippen molar-refractivity contribution in [1.29, 1.82) is 0 Å². The number of nitrogens with one attached hydrogen (secondary N) is 1. The van der Waals surface area contributed by atoms with Crippen LogP contribution in [-0.2, 0) is 26.0 Å². The van der Waals surface area contributed by atoms with Crippen molar-refractivity contribution in [2.45, 2.75) is 64.5 Å². The molecule has 1 N–H and O–H groups in total. The number of carbonyl (C=O) groups is 2. The van der Waals surface area contributed by atoms with E-state index in [4.69, 9.17) is 21.2 Å². The van der Waals surface area contributed by atoms with Crippen LogP contribution in [0.1, 0.15) is 57.5 Å². The van der Waals surface area contributed by atoms with Gasteiger partial charge in [0.15, 0.2) is 0 Å². The quantitative estimate of drug-likeness (QED) is 0.178. The van der Waals surface area contributed by atoms with Crippen LogP contribution in [0.2, 0.25) is 5.02 Å². The molecule has 41 heavy (non-hydrogen) atoms. The topological polar surface area (TPSA) is 147 Å². The molecule has 0 saturated carbocycles. The van der Waals surface area contributed by atoms with Crippen LogP contribution in [0, 0.1) is 5.21 Å². The SMILES string of the molecule is CCN(CC)/[N+]([O-])=N/OCN(C(=O)OC(C)(C)C)S(=O)(=O)c1cc(C(=O)NN2c3ccccc3CC2C)ccc1Cl. The van der Waals surface area contributed by atoms with Gasteiger partial charge in [-0.1, -0.05) is 29.8 Å². The van der Waals surface area contributed by atoms with Crippen LogP contribution in [0.25, 0.3) is 0 Å². The summed E-state index contributed by atoms with van der Waals surface area (Å²) >= 11 is 6.26. The van der Waals surface area contributed by atoms with Gasteiger partial charge in [-0.25, -0.2) is 13.2 Å². The van der Waals surface area contributed by atoms with E-state index in [1.807, 2.05) is 31.2 Å². The van der Waals surface area contributed by atoms with Gasteiger partial charge in [0.1, 0.15) is 10.5 Å². The number of hydrazine groups is 2. The summed E-state index contributed by atoms with van der Waals surface area (Å²) in [7, 11) is -4.76.